The lowest BCUT2D eigenvalue weighted by molar-refractivity contribution is -0.118. The Kier molecular flexibility index (Phi) is 8.19. The second-order valence-electron chi connectivity index (χ2n) is 7.66. The summed E-state index contributed by atoms with van der Waals surface area (Å²) in [5.74, 6) is 1.81. The van der Waals surface area contributed by atoms with Gasteiger partial charge in [0, 0.05) is 16.9 Å². The zero-order valence-corrected chi connectivity index (χ0v) is 21.2. The Bertz CT molecular complexity index is 1340. The zero-order chi connectivity index (χ0) is 24.6. The molecule has 0 unspecified atom stereocenters. The standard InChI is InChI=1S/C28H22BrClN2O3/c1-19-7-9-22(16-26(19)30)32-28(33)18-34-27-14-8-20(15-25(27)29)17-31-21-10-12-24(13-11-21)35-23-5-3-2-4-6-23/h2-17H,18H2,1H3,(H,32,33). The van der Waals surface area contributed by atoms with Gasteiger partial charge >= 0.3 is 0 Å². The predicted molar refractivity (Wildman–Crippen MR) is 145 cm³/mol. The van der Waals surface area contributed by atoms with Gasteiger partial charge in [0.15, 0.2) is 6.61 Å². The number of carbonyl (C=O) groups is 1. The summed E-state index contributed by atoms with van der Waals surface area (Å²) in [6.45, 7) is 1.77. The Hall–Kier alpha value is -3.61. The molecule has 0 saturated carbocycles. The molecule has 0 aromatic heterocycles. The minimum Gasteiger partial charge on any atom is -0.483 e. The van der Waals surface area contributed by atoms with Gasteiger partial charge in [-0.05, 0) is 101 Å². The van der Waals surface area contributed by atoms with Crippen LogP contribution < -0.4 is 14.8 Å². The first-order valence-corrected chi connectivity index (χ1v) is 12.0. The SMILES string of the molecule is Cc1ccc(NC(=O)COc2ccc(C=Nc3ccc(Oc4ccccc4)cc3)cc2Br)cc1Cl. The molecule has 0 aliphatic heterocycles. The molecule has 1 N–H and O–H groups in total. The maximum atomic E-state index is 12.2. The molecule has 0 saturated heterocycles. The number of hydrogen-bond donors (Lipinski definition) is 1. The average molecular weight is 550 g/mol. The van der Waals surface area contributed by atoms with Crippen LogP contribution in [0.15, 0.2) is 100 Å². The van der Waals surface area contributed by atoms with Crippen molar-refractivity contribution in [2.75, 3.05) is 11.9 Å². The van der Waals surface area contributed by atoms with Crippen LogP contribution in [0.4, 0.5) is 11.4 Å². The van der Waals surface area contributed by atoms with Crippen molar-refractivity contribution in [2.24, 2.45) is 4.99 Å². The summed E-state index contributed by atoms with van der Waals surface area (Å²) in [6, 6.07) is 28.0. The molecule has 0 atom stereocenters. The Morgan fingerprint density at radius 1 is 0.971 bits per heavy atom. The molecule has 0 spiro atoms. The van der Waals surface area contributed by atoms with Crippen LogP contribution in [0.3, 0.4) is 0 Å². The van der Waals surface area contributed by atoms with Gasteiger partial charge in [-0.3, -0.25) is 9.79 Å². The van der Waals surface area contributed by atoms with Crippen LogP contribution in [0.1, 0.15) is 11.1 Å². The summed E-state index contributed by atoms with van der Waals surface area (Å²) in [5.41, 5.74) is 3.25. The lowest BCUT2D eigenvalue weighted by atomic mass is 10.2. The molecular formula is C28H22BrClN2O3. The Labute approximate surface area is 217 Å². The molecule has 1 amide bonds. The largest absolute Gasteiger partial charge is 0.483 e. The van der Waals surface area contributed by atoms with Gasteiger partial charge in [0.05, 0.1) is 10.2 Å². The van der Waals surface area contributed by atoms with Crippen LogP contribution in [0, 0.1) is 6.92 Å². The highest BCUT2D eigenvalue weighted by atomic mass is 79.9. The molecule has 4 aromatic carbocycles. The highest BCUT2D eigenvalue weighted by molar-refractivity contribution is 9.10. The number of rotatable bonds is 8. The summed E-state index contributed by atoms with van der Waals surface area (Å²) in [4.78, 5) is 16.7. The molecule has 0 radical (unpaired) electrons. The summed E-state index contributed by atoms with van der Waals surface area (Å²) >= 11 is 9.60. The number of ether oxygens (including phenoxy) is 2. The molecular weight excluding hydrogens is 528 g/mol. The number of anilines is 1. The number of carbonyl (C=O) groups excluding carboxylic acids is 1. The predicted octanol–water partition coefficient (Wildman–Crippen LogP) is 7.97. The lowest BCUT2D eigenvalue weighted by Crippen LogP contribution is -2.20. The van der Waals surface area contributed by atoms with E-state index in [9.17, 15) is 4.79 Å². The fraction of sp³-hybridized carbons (Fsp3) is 0.0714. The van der Waals surface area contributed by atoms with Gasteiger partial charge in [-0.25, -0.2) is 0 Å². The van der Waals surface area contributed by atoms with Crippen LogP contribution in [0.5, 0.6) is 17.2 Å². The number of nitrogens with one attached hydrogen (secondary N) is 1. The van der Waals surface area contributed by atoms with Crippen molar-refractivity contribution in [2.45, 2.75) is 6.92 Å². The van der Waals surface area contributed by atoms with E-state index < -0.39 is 0 Å². The molecule has 0 aliphatic rings. The monoisotopic (exact) mass is 548 g/mol. The topological polar surface area (TPSA) is 59.9 Å². The minimum absolute atomic E-state index is 0.130. The summed E-state index contributed by atoms with van der Waals surface area (Å²) < 4.78 is 12.2. The van der Waals surface area contributed by atoms with E-state index in [1.54, 1.807) is 24.4 Å². The van der Waals surface area contributed by atoms with Crippen molar-refractivity contribution in [3.8, 4) is 17.2 Å². The molecule has 4 rings (SSSR count). The van der Waals surface area contributed by atoms with Crippen molar-refractivity contribution in [1.29, 1.82) is 0 Å². The van der Waals surface area contributed by atoms with Crippen LogP contribution >= 0.6 is 27.5 Å². The molecule has 7 heteroatoms. The number of aryl methyl sites for hydroxylation is 1. The molecule has 35 heavy (non-hydrogen) atoms. The number of para-hydroxylation sites is 1. The number of nitrogens with zero attached hydrogens (tertiary/aromatic N) is 1. The van der Waals surface area contributed by atoms with Gasteiger partial charge in [0.25, 0.3) is 5.91 Å². The van der Waals surface area contributed by atoms with Crippen molar-refractivity contribution in [3.05, 3.63) is 112 Å². The smallest absolute Gasteiger partial charge is 0.262 e. The second kappa shape index (κ2) is 11.7. The fourth-order valence-electron chi connectivity index (χ4n) is 3.10. The van der Waals surface area contributed by atoms with Gasteiger partial charge in [-0.15, -0.1) is 0 Å². The summed E-state index contributed by atoms with van der Waals surface area (Å²) in [6.07, 6.45) is 1.76. The molecule has 0 heterocycles. The Morgan fingerprint density at radius 2 is 1.71 bits per heavy atom. The molecule has 176 valence electrons. The molecule has 0 fully saturated rings. The first kappa shape index (κ1) is 24.5. The third kappa shape index (κ3) is 7.18. The van der Waals surface area contributed by atoms with Crippen LogP contribution in [0.2, 0.25) is 5.02 Å². The number of amides is 1. The minimum atomic E-state index is -0.276. The third-order valence-electron chi connectivity index (χ3n) is 4.95. The van der Waals surface area contributed by atoms with E-state index in [0.717, 1.165) is 32.8 Å². The van der Waals surface area contributed by atoms with E-state index in [1.165, 1.54) is 0 Å². The quantitative estimate of drug-likeness (QED) is 0.227. The molecule has 0 bridgehead atoms. The van der Waals surface area contributed by atoms with Gasteiger partial charge in [0.1, 0.15) is 17.2 Å². The molecule has 0 aliphatic carbocycles. The maximum absolute atomic E-state index is 12.2. The highest BCUT2D eigenvalue weighted by Gasteiger charge is 2.08. The number of benzene rings is 4. The van der Waals surface area contributed by atoms with Gasteiger partial charge in [-0.2, -0.15) is 0 Å². The average Bonchev–Trinajstić information content (AvgIpc) is 2.86. The first-order chi connectivity index (χ1) is 17.0. The normalized spacial score (nSPS) is 10.8. The van der Waals surface area contributed by atoms with E-state index in [1.807, 2.05) is 79.7 Å². The van der Waals surface area contributed by atoms with Crippen molar-refractivity contribution >= 4 is 51.0 Å². The third-order valence-corrected chi connectivity index (χ3v) is 5.98. The van der Waals surface area contributed by atoms with Crippen LogP contribution in [0.25, 0.3) is 0 Å². The second-order valence-corrected chi connectivity index (χ2v) is 8.92. The van der Waals surface area contributed by atoms with Crippen molar-refractivity contribution in [1.82, 2.24) is 0 Å². The molecule has 4 aromatic rings. The summed E-state index contributed by atoms with van der Waals surface area (Å²) in [5, 5.41) is 3.37. The zero-order valence-electron chi connectivity index (χ0n) is 18.9. The van der Waals surface area contributed by atoms with E-state index in [0.29, 0.717) is 16.5 Å². The van der Waals surface area contributed by atoms with Gasteiger partial charge < -0.3 is 14.8 Å². The number of aliphatic imine (C=N–C) groups is 1. The highest BCUT2D eigenvalue weighted by Crippen LogP contribution is 2.27. The van der Waals surface area contributed by atoms with Crippen LogP contribution in [-0.4, -0.2) is 18.7 Å². The van der Waals surface area contributed by atoms with Crippen LogP contribution in [-0.2, 0) is 4.79 Å². The van der Waals surface area contributed by atoms with Gasteiger partial charge in [0.2, 0.25) is 0 Å². The van der Waals surface area contributed by atoms with Gasteiger partial charge in [-0.1, -0.05) is 35.9 Å². The first-order valence-electron chi connectivity index (χ1n) is 10.8. The van der Waals surface area contributed by atoms with E-state index in [4.69, 9.17) is 21.1 Å². The van der Waals surface area contributed by atoms with Crippen molar-refractivity contribution in [3.63, 3.8) is 0 Å². The van der Waals surface area contributed by atoms with E-state index in [-0.39, 0.29) is 12.5 Å². The maximum Gasteiger partial charge on any atom is 0.262 e. The molecule has 5 nitrogen and oxygen atoms in total. The Balaban J connectivity index is 1.31. The Morgan fingerprint density at radius 3 is 2.43 bits per heavy atom. The van der Waals surface area contributed by atoms with Crippen molar-refractivity contribution < 1.29 is 14.3 Å². The lowest BCUT2D eigenvalue weighted by Gasteiger charge is -2.10. The van der Waals surface area contributed by atoms with E-state index >= 15 is 0 Å². The number of hydrogen-bond acceptors (Lipinski definition) is 4. The van der Waals surface area contributed by atoms with E-state index in [2.05, 4.69) is 26.2 Å². The number of halogens is 2. The summed E-state index contributed by atoms with van der Waals surface area (Å²) in [7, 11) is 0. The fourth-order valence-corrected chi connectivity index (χ4v) is 3.79.